The van der Waals surface area contributed by atoms with Gasteiger partial charge in [-0.05, 0) is 37.8 Å². The van der Waals surface area contributed by atoms with E-state index in [9.17, 15) is 0 Å². The average Bonchev–Trinajstić information content (AvgIpc) is 3.11. The smallest absolute Gasteiger partial charge is 0.122 e. The number of thiazole rings is 1. The molecule has 2 unspecified atom stereocenters. The predicted octanol–water partition coefficient (Wildman–Crippen LogP) is 2.17. The number of ether oxygens (including phenoxy) is 1. The second-order valence-corrected chi connectivity index (χ2v) is 7.29. The van der Waals surface area contributed by atoms with Crippen LogP contribution in [0.1, 0.15) is 42.2 Å². The van der Waals surface area contributed by atoms with Crippen molar-refractivity contribution in [3.05, 3.63) is 16.1 Å². The van der Waals surface area contributed by atoms with Crippen LogP contribution < -0.4 is 5.73 Å². The molecular formula is C14H23N3OS. The van der Waals surface area contributed by atoms with Gasteiger partial charge in [-0.2, -0.15) is 0 Å². The molecule has 2 aliphatic rings. The van der Waals surface area contributed by atoms with Crippen molar-refractivity contribution < 1.29 is 4.74 Å². The van der Waals surface area contributed by atoms with Crippen LogP contribution in [0, 0.1) is 5.41 Å². The summed E-state index contributed by atoms with van der Waals surface area (Å²) in [7, 11) is 0. The first-order valence-electron chi connectivity index (χ1n) is 7.17. The average molecular weight is 281 g/mol. The van der Waals surface area contributed by atoms with Crippen molar-refractivity contribution in [2.45, 2.75) is 38.8 Å². The van der Waals surface area contributed by atoms with Crippen LogP contribution in [0.2, 0.25) is 0 Å². The number of likely N-dealkylation sites (tertiary alicyclic amines) is 1. The van der Waals surface area contributed by atoms with Gasteiger partial charge in [0.05, 0.1) is 0 Å². The van der Waals surface area contributed by atoms with Gasteiger partial charge >= 0.3 is 0 Å². The van der Waals surface area contributed by atoms with E-state index >= 15 is 0 Å². The Labute approximate surface area is 119 Å². The first-order valence-corrected chi connectivity index (χ1v) is 7.99. The van der Waals surface area contributed by atoms with E-state index in [4.69, 9.17) is 10.5 Å². The maximum atomic E-state index is 5.86. The van der Waals surface area contributed by atoms with E-state index in [1.165, 1.54) is 17.7 Å². The minimum atomic E-state index is 0.256. The van der Waals surface area contributed by atoms with E-state index in [2.05, 4.69) is 16.8 Å². The van der Waals surface area contributed by atoms with Crippen LogP contribution in [0.3, 0.4) is 0 Å². The summed E-state index contributed by atoms with van der Waals surface area (Å²) in [6.45, 7) is 7.24. The molecule has 0 spiro atoms. The SMILES string of the molecule is CC1(CN)CCN(Cc2cnc(C3CCCO3)s2)C1. The minimum Gasteiger partial charge on any atom is -0.371 e. The molecule has 0 radical (unpaired) electrons. The highest BCUT2D eigenvalue weighted by atomic mass is 32.1. The minimum absolute atomic E-state index is 0.256. The molecule has 1 aromatic rings. The van der Waals surface area contributed by atoms with Crippen LogP contribution in [0.25, 0.3) is 0 Å². The molecule has 2 aliphatic heterocycles. The van der Waals surface area contributed by atoms with E-state index in [0.29, 0.717) is 5.41 Å². The third-order valence-corrected chi connectivity index (χ3v) is 5.36. The second kappa shape index (κ2) is 5.48. The lowest BCUT2D eigenvalue weighted by atomic mass is 9.90. The van der Waals surface area contributed by atoms with Gasteiger partial charge in [0.15, 0.2) is 0 Å². The van der Waals surface area contributed by atoms with Crippen molar-refractivity contribution in [3.8, 4) is 0 Å². The van der Waals surface area contributed by atoms with E-state index in [1.807, 2.05) is 17.5 Å². The highest BCUT2D eigenvalue weighted by molar-refractivity contribution is 7.11. The van der Waals surface area contributed by atoms with Crippen LogP contribution in [-0.4, -0.2) is 36.1 Å². The lowest BCUT2D eigenvalue weighted by Crippen LogP contribution is -2.30. The summed E-state index contributed by atoms with van der Waals surface area (Å²) >= 11 is 1.82. The van der Waals surface area contributed by atoms with Crippen LogP contribution in [0.4, 0.5) is 0 Å². The summed E-state index contributed by atoms with van der Waals surface area (Å²) in [5.41, 5.74) is 6.17. The summed E-state index contributed by atoms with van der Waals surface area (Å²) in [5, 5.41) is 1.16. The van der Waals surface area contributed by atoms with Crippen molar-refractivity contribution in [2.24, 2.45) is 11.1 Å². The van der Waals surface area contributed by atoms with Crippen LogP contribution in [0.5, 0.6) is 0 Å². The third kappa shape index (κ3) is 2.99. The van der Waals surface area contributed by atoms with Gasteiger partial charge in [0.1, 0.15) is 11.1 Å². The highest BCUT2D eigenvalue weighted by Gasteiger charge is 2.32. The summed E-state index contributed by atoms with van der Waals surface area (Å²) in [5.74, 6) is 0. The highest BCUT2D eigenvalue weighted by Crippen LogP contribution is 2.33. The van der Waals surface area contributed by atoms with Gasteiger partial charge in [-0.3, -0.25) is 4.90 Å². The molecule has 2 atom stereocenters. The molecule has 5 heteroatoms. The van der Waals surface area contributed by atoms with E-state index < -0.39 is 0 Å². The molecule has 2 saturated heterocycles. The van der Waals surface area contributed by atoms with Crippen molar-refractivity contribution in [2.75, 3.05) is 26.2 Å². The Morgan fingerprint density at radius 3 is 3.21 bits per heavy atom. The molecule has 4 nitrogen and oxygen atoms in total. The zero-order chi connectivity index (χ0) is 13.3. The van der Waals surface area contributed by atoms with Gasteiger partial charge in [-0.1, -0.05) is 6.92 Å². The van der Waals surface area contributed by atoms with Gasteiger partial charge in [0.25, 0.3) is 0 Å². The molecule has 3 rings (SSSR count). The molecule has 106 valence electrons. The summed E-state index contributed by atoms with van der Waals surface area (Å²) in [4.78, 5) is 8.39. The molecule has 3 heterocycles. The van der Waals surface area contributed by atoms with Gasteiger partial charge < -0.3 is 10.5 Å². The monoisotopic (exact) mass is 281 g/mol. The Balaban J connectivity index is 1.58. The van der Waals surface area contributed by atoms with E-state index in [0.717, 1.165) is 44.2 Å². The lowest BCUT2D eigenvalue weighted by molar-refractivity contribution is 0.111. The molecule has 1 aromatic heterocycles. The number of nitrogens with zero attached hydrogens (tertiary/aromatic N) is 2. The van der Waals surface area contributed by atoms with E-state index in [-0.39, 0.29) is 6.10 Å². The van der Waals surface area contributed by atoms with Gasteiger partial charge in [0, 0.05) is 30.8 Å². The number of aromatic nitrogens is 1. The van der Waals surface area contributed by atoms with Gasteiger partial charge in [0.2, 0.25) is 0 Å². The second-order valence-electron chi connectivity index (χ2n) is 6.14. The van der Waals surface area contributed by atoms with E-state index in [1.54, 1.807) is 0 Å². The number of rotatable bonds is 4. The standard InChI is InChI=1S/C14H23N3OS/c1-14(9-15)4-5-17(10-14)8-11-7-16-13(19-11)12-3-2-6-18-12/h7,12H,2-6,8-10,15H2,1H3. The number of nitrogens with two attached hydrogens (primary N) is 1. The molecule has 19 heavy (non-hydrogen) atoms. The largest absolute Gasteiger partial charge is 0.371 e. The summed E-state index contributed by atoms with van der Waals surface area (Å²) in [6, 6.07) is 0. The third-order valence-electron chi connectivity index (χ3n) is 4.29. The summed E-state index contributed by atoms with van der Waals surface area (Å²) < 4.78 is 5.69. The number of hydrogen-bond acceptors (Lipinski definition) is 5. The topological polar surface area (TPSA) is 51.4 Å². The van der Waals surface area contributed by atoms with Crippen molar-refractivity contribution >= 4 is 11.3 Å². The first-order chi connectivity index (χ1) is 9.18. The quantitative estimate of drug-likeness (QED) is 0.919. The zero-order valence-corrected chi connectivity index (χ0v) is 12.4. The molecule has 0 saturated carbocycles. The normalized spacial score (nSPS) is 32.2. The molecule has 0 aromatic carbocycles. The lowest BCUT2D eigenvalue weighted by Gasteiger charge is -2.22. The van der Waals surface area contributed by atoms with Crippen LogP contribution in [-0.2, 0) is 11.3 Å². The number of hydrogen-bond donors (Lipinski definition) is 1. The molecule has 2 N–H and O–H groups in total. The van der Waals surface area contributed by atoms with Gasteiger partial charge in [-0.25, -0.2) is 4.98 Å². The van der Waals surface area contributed by atoms with Crippen molar-refractivity contribution in [1.82, 2.24) is 9.88 Å². The van der Waals surface area contributed by atoms with Crippen LogP contribution >= 0.6 is 11.3 Å². The fourth-order valence-electron chi connectivity index (χ4n) is 2.96. The Hall–Kier alpha value is -0.490. The van der Waals surface area contributed by atoms with Crippen molar-refractivity contribution in [1.29, 1.82) is 0 Å². The fraction of sp³-hybridized carbons (Fsp3) is 0.786. The zero-order valence-electron chi connectivity index (χ0n) is 11.6. The first kappa shape index (κ1) is 13.5. The fourth-order valence-corrected chi connectivity index (χ4v) is 4.01. The molecule has 0 bridgehead atoms. The Morgan fingerprint density at radius 2 is 2.53 bits per heavy atom. The summed E-state index contributed by atoms with van der Waals surface area (Å²) in [6.07, 6.45) is 5.79. The van der Waals surface area contributed by atoms with Crippen molar-refractivity contribution in [3.63, 3.8) is 0 Å². The predicted molar refractivity (Wildman–Crippen MR) is 77.1 cm³/mol. The Morgan fingerprint density at radius 1 is 1.63 bits per heavy atom. The maximum absolute atomic E-state index is 5.86. The van der Waals surface area contributed by atoms with Crippen LogP contribution in [0.15, 0.2) is 6.20 Å². The molecule has 0 amide bonds. The molecule has 2 fully saturated rings. The maximum Gasteiger partial charge on any atom is 0.122 e. The molecule has 0 aliphatic carbocycles. The Bertz CT molecular complexity index is 430. The Kier molecular flexibility index (Phi) is 3.89. The molecular weight excluding hydrogens is 258 g/mol. The van der Waals surface area contributed by atoms with Gasteiger partial charge in [-0.15, -0.1) is 11.3 Å².